The molecule has 0 fully saturated rings. The highest BCUT2D eigenvalue weighted by molar-refractivity contribution is 6.00. The predicted octanol–water partition coefficient (Wildman–Crippen LogP) is 2.49. The number of aryl methyl sites for hydroxylation is 1. The molecule has 2 N–H and O–H groups in total. The van der Waals surface area contributed by atoms with E-state index in [1.807, 2.05) is 6.92 Å². The van der Waals surface area contributed by atoms with E-state index >= 15 is 0 Å². The maximum Gasteiger partial charge on any atom is 0.415 e. The zero-order chi connectivity index (χ0) is 14.8. The second-order valence-corrected chi connectivity index (χ2v) is 4.58. The van der Waals surface area contributed by atoms with Gasteiger partial charge in [-0.3, -0.25) is 4.79 Å². The van der Waals surface area contributed by atoms with Crippen LogP contribution in [0.5, 0.6) is 0 Å². The van der Waals surface area contributed by atoms with E-state index in [2.05, 4.69) is 0 Å². The molecule has 1 aromatic carbocycles. The van der Waals surface area contributed by atoms with Gasteiger partial charge in [0.15, 0.2) is 5.54 Å². The van der Waals surface area contributed by atoms with E-state index in [0.29, 0.717) is 12.6 Å². The molecule has 0 saturated carbocycles. The predicted molar refractivity (Wildman–Crippen MR) is 67.9 cm³/mol. The van der Waals surface area contributed by atoms with E-state index in [9.17, 15) is 18.0 Å². The van der Waals surface area contributed by atoms with Crippen LogP contribution >= 0.6 is 0 Å². The number of rotatable bonds is 3. The molecule has 1 aromatic rings. The standard InChI is InChI=1S/C13H17F3N2O/c1-4-9-5-7-10(8-6-9)18(3)11(19)12(2,17)13(14,15)16/h5-8H,4,17H2,1-3H3. The van der Waals surface area contributed by atoms with Gasteiger partial charge in [0.05, 0.1) is 0 Å². The monoisotopic (exact) mass is 274 g/mol. The van der Waals surface area contributed by atoms with Crippen LogP contribution in [0.3, 0.4) is 0 Å². The maximum absolute atomic E-state index is 12.7. The maximum atomic E-state index is 12.7. The number of anilines is 1. The van der Waals surface area contributed by atoms with E-state index in [0.717, 1.165) is 16.9 Å². The Hall–Kier alpha value is -1.56. The molecule has 0 aliphatic rings. The molecule has 0 aromatic heterocycles. The molecule has 1 amide bonds. The number of hydrogen-bond acceptors (Lipinski definition) is 2. The van der Waals surface area contributed by atoms with Crippen molar-refractivity contribution in [3.05, 3.63) is 29.8 Å². The van der Waals surface area contributed by atoms with Crippen LogP contribution in [0.2, 0.25) is 0 Å². The normalized spacial score (nSPS) is 14.9. The van der Waals surface area contributed by atoms with E-state index in [4.69, 9.17) is 5.73 Å². The minimum atomic E-state index is -4.79. The number of alkyl halides is 3. The third kappa shape index (κ3) is 3.07. The summed E-state index contributed by atoms with van der Waals surface area (Å²) in [4.78, 5) is 12.8. The summed E-state index contributed by atoms with van der Waals surface area (Å²) in [6.45, 7) is 2.64. The lowest BCUT2D eigenvalue weighted by Gasteiger charge is -2.30. The van der Waals surface area contributed by atoms with Crippen LogP contribution in [-0.2, 0) is 11.2 Å². The summed E-state index contributed by atoms with van der Waals surface area (Å²) in [5.41, 5.74) is 3.63. The first kappa shape index (κ1) is 15.5. The zero-order valence-electron chi connectivity index (χ0n) is 11.1. The molecule has 0 bridgehead atoms. The van der Waals surface area contributed by atoms with Crippen molar-refractivity contribution in [1.82, 2.24) is 0 Å². The number of nitrogens with two attached hydrogens (primary N) is 1. The minimum Gasteiger partial charge on any atom is -0.314 e. The molecule has 0 heterocycles. The van der Waals surface area contributed by atoms with Gasteiger partial charge >= 0.3 is 6.18 Å². The Kier molecular flexibility index (Phi) is 4.25. The summed E-state index contributed by atoms with van der Waals surface area (Å²) in [7, 11) is 1.28. The first-order valence-electron chi connectivity index (χ1n) is 5.84. The fourth-order valence-electron chi connectivity index (χ4n) is 1.54. The molecule has 19 heavy (non-hydrogen) atoms. The first-order valence-corrected chi connectivity index (χ1v) is 5.84. The number of hydrogen-bond donors (Lipinski definition) is 1. The minimum absolute atomic E-state index is 0.378. The van der Waals surface area contributed by atoms with Gasteiger partial charge in [0.25, 0.3) is 5.91 Å². The van der Waals surface area contributed by atoms with Crippen LogP contribution in [0.15, 0.2) is 24.3 Å². The first-order chi connectivity index (χ1) is 8.61. The lowest BCUT2D eigenvalue weighted by atomic mass is 10.0. The zero-order valence-corrected chi connectivity index (χ0v) is 11.1. The molecular formula is C13H17F3N2O. The summed E-state index contributed by atoms with van der Waals surface area (Å²) in [6, 6.07) is 6.73. The Morgan fingerprint density at radius 2 is 1.74 bits per heavy atom. The van der Waals surface area contributed by atoms with Gasteiger partial charge in [0.2, 0.25) is 0 Å². The quantitative estimate of drug-likeness (QED) is 0.920. The lowest BCUT2D eigenvalue weighted by Crippen LogP contribution is -2.61. The molecule has 106 valence electrons. The van der Waals surface area contributed by atoms with Crippen molar-refractivity contribution in [2.24, 2.45) is 5.73 Å². The fraction of sp³-hybridized carbons (Fsp3) is 0.462. The molecule has 1 rings (SSSR count). The van der Waals surface area contributed by atoms with Crippen molar-refractivity contribution in [2.75, 3.05) is 11.9 Å². The summed E-state index contributed by atoms with van der Waals surface area (Å²) >= 11 is 0. The van der Waals surface area contributed by atoms with Crippen LogP contribution in [0.25, 0.3) is 0 Å². The molecule has 1 unspecified atom stereocenters. The van der Waals surface area contributed by atoms with Crippen LogP contribution < -0.4 is 10.6 Å². The fourth-order valence-corrected chi connectivity index (χ4v) is 1.54. The van der Waals surface area contributed by atoms with Gasteiger partial charge in [0, 0.05) is 12.7 Å². The van der Waals surface area contributed by atoms with Crippen LogP contribution in [0.1, 0.15) is 19.4 Å². The summed E-state index contributed by atoms with van der Waals surface area (Å²) in [5.74, 6) is -1.19. The van der Waals surface area contributed by atoms with Crippen molar-refractivity contribution >= 4 is 11.6 Å². The summed E-state index contributed by atoms with van der Waals surface area (Å²) < 4.78 is 38.1. The van der Waals surface area contributed by atoms with Crippen molar-refractivity contribution in [3.8, 4) is 0 Å². The van der Waals surface area contributed by atoms with Crippen LogP contribution in [0.4, 0.5) is 18.9 Å². The molecule has 6 heteroatoms. The molecule has 0 aliphatic carbocycles. The molecular weight excluding hydrogens is 257 g/mol. The Morgan fingerprint density at radius 3 is 2.11 bits per heavy atom. The number of carbonyl (C=O) groups excluding carboxylic acids is 1. The highest BCUT2D eigenvalue weighted by Crippen LogP contribution is 2.30. The Morgan fingerprint density at radius 1 is 1.26 bits per heavy atom. The topological polar surface area (TPSA) is 46.3 Å². The third-order valence-electron chi connectivity index (χ3n) is 3.07. The number of halogens is 3. The second kappa shape index (κ2) is 5.21. The summed E-state index contributed by atoms with van der Waals surface area (Å²) in [6.07, 6.45) is -3.98. The van der Waals surface area contributed by atoms with E-state index in [1.165, 1.54) is 7.05 Å². The van der Waals surface area contributed by atoms with Gasteiger partial charge in [-0.15, -0.1) is 0 Å². The van der Waals surface area contributed by atoms with Crippen molar-refractivity contribution in [3.63, 3.8) is 0 Å². The second-order valence-electron chi connectivity index (χ2n) is 4.58. The summed E-state index contributed by atoms with van der Waals surface area (Å²) in [5, 5.41) is 0. The smallest absolute Gasteiger partial charge is 0.314 e. The lowest BCUT2D eigenvalue weighted by molar-refractivity contribution is -0.185. The van der Waals surface area contributed by atoms with Crippen molar-refractivity contribution in [2.45, 2.75) is 32.0 Å². The van der Waals surface area contributed by atoms with Crippen LogP contribution in [0, 0.1) is 0 Å². The van der Waals surface area contributed by atoms with Gasteiger partial charge in [0.1, 0.15) is 0 Å². The van der Waals surface area contributed by atoms with Crippen molar-refractivity contribution in [1.29, 1.82) is 0 Å². The highest BCUT2D eigenvalue weighted by atomic mass is 19.4. The van der Waals surface area contributed by atoms with Gasteiger partial charge < -0.3 is 10.6 Å². The Labute approximate surface area is 110 Å². The Balaban J connectivity index is 2.99. The van der Waals surface area contributed by atoms with Gasteiger partial charge in [-0.25, -0.2) is 0 Å². The number of carbonyl (C=O) groups is 1. The van der Waals surface area contributed by atoms with Crippen LogP contribution in [-0.4, -0.2) is 24.7 Å². The third-order valence-corrected chi connectivity index (χ3v) is 3.07. The van der Waals surface area contributed by atoms with Crippen molar-refractivity contribution < 1.29 is 18.0 Å². The molecule has 1 atom stereocenters. The Bertz CT molecular complexity index is 452. The number of likely N-dealkylation sites (N-methyl/N-ethyl adjacent to an activating group) is 1. The molecule has 3 nitrogen and oxygen atoms in total. The van der Waals surface area contributed by atoms with E-state index < -0.39 is 17.6 Å². The molecule has 0 radical (unpaired) electrons. The average Bonchev–Trinajstić information content (AvgIpc) is 2.35. The SMILES string of the molecule is CCc1ccc(N(C)C(=O)C(C)(N)C(F)(F)F)cc1. The number of amides is 1. The van der Waals surface area contributed by atoms with Gasteiger partial charge in [-0.1, -0.05) is 19.1 Å². The molecule has 0 spiro atoms. The number of benzene rings is 1. The van der Waals surface area contributed by atoms with E-state index in [1.54, 1.807) is 24.3 Å². The molecule has 0 saturated heterocycles. The number of nitrogens with zero attached hydrogens (tertiary/aromatic N) is 1. The average molecular weight is 274 g/mol. The van der Waals surface area contributed by atoms with Gasteiger partial charge in [-0.2, -0.15) is 13.2 Å². The van der Waals surface area contributed by atoms with Gasteiger partial charge in [-0.05, 0) is 31.0 Å². The molecule has 0 aliphatic heterocycles. The largest absolute Gasteiger partial charge is 0.415 e. The van der Waals surface area contributed by atoms with E-state index in [-0.39, 0.29) is 0 Å². The highest BCUT2D eigenvalue weighted by Gasteiger charge is 2.55.